The van der Waals surface area contributed by atoms with Gasteiger partial charge in [-0.2, -0.15) is 0 Å². The van der Waals surface area contributed by atoms with Crippen LogP contribution in [0.3, 0.4) is 0 Å². The number of aryl methyl sites for hydroxylation is 1. The molecule has 0 radical (unpaired) electrons. The molecule has 0 saturated carbocycles. The molecule has 122 valence electrons. The lowest BCUT2D eigenvalue weighted by Crippen LogP contribution is -2.42. The molecule has 3 nitrogen and oxygen atoms in total. The smallest absolute Gasteiger partial charge is 0.169 e. The number of hydrogen-bond acceptors (Lipinski definition) is 2. The van der Waals surface area contributed by atoms with E-state index in [-0.39, 0.29) is 0 Å². The summed E-state index contributed by atoms with van der Waals surface area (Å²) in [5.74, 6) is 0. The van der Waals surface area contributed by atoms with E-state index in [1.54, 1.807) is 0 Å². The lowest BCUT2D eigenvalue weighted by Gasteiger charge is -2.27. The summed E-state index contributed by atoms with van der Waals surface area (Å²) in [6.45, 7) is 7.89. The van der Waals surface area contributed by atoms with Gasteiger partial charge in [-0.15, -0.1) is 0 Å². The Morgan fingerprint density at radius 1 is 1.17 bits per heavy atom. The number of nitrogens with one attached hydrogen (secondary N) is 1. The van der Waals surface area contributed by atoms with Gasteiger partial charge in [0.1, 0.15) is 0 Å². The van der Waals surface area contributed by atoms with Gasteiger partial charge in [0.25, 0.3) is 0 Å². The van der Waals surface area contributed by atoms with Crippen LogP contribution < -0.4 is 5.32 Å². The first-order valence-electron chi connectivity index (χ1n) is 8.09. The molecule has 1 heterocycles. The Balaban J connectivity index is 2.13. The monoisotopic (exact) mass is 327 g/mol. The highest BCUT2D eigenvalue weighted by Crippen LogP contribution is 2.11. The van der Waals surface area contributed by atoms with Crippen LogP contribution in [0.25, 0.3) is 0 Å². The van der Waals surface area contributed by atoms with Gasteiger partial charge in [0.05, 0.1) is 12.2 Å². The first kappa shape index (κ1) is 17.4. The number of nitrogens with zero attached hydrogens (tertiary/aromatic N) is 2. The number of benzene rings is 1. The van der Waals surface area contributed by atoms with Crippen molar-refractivity contribution in [1.29, 1.82) is 0 Å². The molecule has 1 aromatic heterocycles. The van der Waals surface area contributed by atoms with Crippen molar-refractivity contribution in [2.45, 2.75) is 46.3 Å². The minimum Gasteiger partial charge on any atom is -0.360 e. The number of pyridine rings is 1. The summed E-state index contributed by atoms with van der Waals surface area (Å²) < 4.78 is 0. The van der Waals surface area contributed by atoms with Gasteiger partial charge in [0.15, 0.2) is 5.11 Å². The highest BCUT2D eigenvalue weighted by Gasteiger charge is 2.13. The SMILES string of the molecule is CCC(C)NC(=S)N(Cc1ccc(C)cc1)Cc1ccccn1. The van der Waals surface area contributed by atoms with Crippen LogP contribution in [0.4, 0.5) is 0 Å². The molecule has 1 unspecified atom stereocenters. The van der Waals surface area contributed by atoms with Gasteiger partial charge in [0.2, 0.25) is 0 Å². The van der Waals surface area contributed by atoms with Crippen LogP contribution in [-0.2, 0) is 13.1 Å². The summed E-state index contributed by atoms with van der Waals surface area (Å²) in [7, 11) is 0. The Morgan fingerprint density at radius 2 is 1.91 bits per heavy atom. The zero-order valence-electron chi connectivity index (χ0n) is 14.1. The molecule has 23 heavy (non-hydrogen) atoms. The lowest BCUT2D eigenvalue weighted by molar-refractivity contribution is 0.387. The average Bonchev–Trinajstić information content (AvgIpc) is 2.57. The summed E-state index contributed by atoms with van der Waals surface area (Å²) in [6, 6.07) is 14.9. The Morgan fingerprint density at radius 3 is 2.52 bits per heavy atom. The van der Waals surface area contributed by atoms with Crippen molar-refractivity contribution in [2.75, 3.05) is 0 Å². The van der Waals surface area contributed by atoms with Crippen molar-refractivity contribution in [1.82, 2.24) is 15.2 Å². The van der Waals surface area contributed by atoms with Crippen molar-refractivity contribution in [2.24, 2.45) is 0 Å². The molecule has 0 aliphatic heterocycles. The topological polar surface area (TPSA) is 28.2 Å². The summed E-state index contributed by atoms with van der Waals surface area (Å²) in [5, 5.41) is 4.19. The molecule has 0 saturated heterocycles. The van der Waals surface area contributed by atoms with Crippen molar-refractivity contribution in [3.8, 4) is 0 Å². The average molecular weight is 327 g/mol. The van der Waals surface area contributed by atoms with E-state index in [4.69, 9.17) is 12.2 Å². The van der Waals surface area contributed by atoms with E-state index in [1.165, 1.54) is 11.1 Å². The van der Waals surface area contributed by atoms with Gasteiger partial charge in [-0.1, -0.05) is 42.8 Å². The first-order valence-corrected chi connectivity index (χ1v) is 8.50. The van der Waals surface area contributed by atoms with Crippen molar-refractivity contribution in [3.05, 3.63) is 65.5 Å². The predicted molar refractivity (Wildman–Crippen MR) is 100 cm³/mol. The third kappa shape index (κ3) is 5.64. The quantitative estimate of drug-likeness (QED) is 0.810. The number of hydrogen-bond donors (Lipinski definition) is 1. The largest absolute Gasteiger partial charge is 0.360 e. The molecule has 0 amide bonds. The van der Waals surface area contributed by atoms with Gasteiger partial charge in [-0.3, -0.25) is 4.98 Å². The second-order valence-electron chi connectivity index (χ2n) is 5.92. The van der Waals surface area contributed by atoms with Gasteiger partial charge >= 0.3 is 0 Å². The maximum Gasteiger partial charge on any atom is 0.169 e. The van der Waals surface area contributed by atoms with Gasteiger partial charge < -0.3 is 10.2 Å². The Hall–Kier alpha value is -1.94. The van der Waals surface area contributed by atoms with Crippen molar-refractivity contribution in [3.63, 3.8) is 0 Å². The van der Waals surface area contributed by atoms with E-state index < -0.39 is 0 Å². The summed E-state index contributed by atoms with van der Waals surface area (Å²) >= 11 is 5.63. The molecule has 0 aliphatic rings. The normalized spacial score (nSPS) is 11.8. The maximum atomic E-state index is 5.63. The summed E-state index contributed by atoms with van der Waals surface area (Å²) in [6.07, 6.45) is 2.87. The minimum atomic E-state index is 0.367. The van der Waals surface area contributed by atoms with Crippen LogP contribution in [0.15, 0.2) is 48.7 Å². The molecule has 1 N–H and O–H groups in total. The second kappa shape index (κ2) is 8.63. The standard InChI is InChI=1S/C19H25N3S/c1-4-16(3)21-19(23)22(14-18-7-5-6-12-20-18)13-17-10-8-15(2)9-11-17/h5-12,16H,4,13-14H2,1-3H3,(H,21,23). The third-order valence-electron chi connectivity index (χ3n) is 3.84. The maximum absolute atomic E-state index is 5.63. The van der Waals surface area contributed by atoms with Gasteiger partial charge in [0, 0.05) is 18.8 Å². The molecule has 2 aromatic rings. The highest BCUT2D eigenvalue weighted by molar-refractivity contribution is 7.80. The number of aromatic nitrogens is 1. The molecule has 0 spiro atoms. The molecule has 1 aromatic carbocycles. The lowest BCUT2D eigenvalue weighted by atomic mass is 10.1. The summed E-state index contributed by atoms with van der Waals surface area (Å²) in [5.41, 5.74) is 3.54. The van der Waals surface area contributed by atoms with Crippen molar-refractivity contribution >= 4 is 17.3 Å². The van der Waals surface area contributed by atoms with Crippen LogP contribution in [0, 0.1) is 6.92 Å². The van der Waals surface area contributed by atoms with Crippen LogP contribution in [0.2, 0.25) is 0 Å². The fraction of sp³-hybridized carbons (Fsp3) is 0.368. The fourth-order valence-electron chi connectivity index (χ4n) is 2.20. The molecule has 0 aliphatic carbocycles. The van der Waals surface area contributed by atoms with E-state index in [9.17, 15) is 0 Å². The van der Waals surface area contributed by atoms with E-state index in [0.717, 1.165) is 23.8 Å². The Labute approximate surface area is 144 Å². The van der Waals surface area contributed by atoms with Gasteiger partial charge in [-0.05, 0) is 50.2 Å². The highest BCUT2D eigenvalue weighted by atomic mass is 32.1. The fourth-order valence-corrected chi connectivity index (χ4v) is 2.54. The van der Waals surface area contributed by atoms with Crippen LogP contribution >= 0.6 is 12.2 Å². The molecular weight excluding hydrogens is 302 g/mol. The van der Waals surface area contributed by atoms with Crippen LogP contribution in [-0.4, -0.2) is 21.0 Å². The van der Waals surface area contributed by atoms with E-state index in [0.29, 0.717) is 12.6 Å². The summed E-state index contributed by atoms with van der Waals surface area (Å²) in [4.78, 5) is 6.60. The first-order chi connectivity index (χ1) is 11.1. The molecule has 2 rings (SSSR count). The molecule has 0 bridgehead atoms. The van der Waals surface area contributed by atoms with Crippen molar-refractivity contribution < 1.29 is 0 Å². The van der Waals surface area contributed by atoms with E-state index in [2.05, 4.69) is 60.2 Å². The zero-order chi connectivity index (χ0) is 16.7. The minimum absolute atomic E-state index is 0.367. The second-order valence-corrected chi connectivity index (χ2v) is 6.31. The van der Waals surface area contributed by atoms with Crippen LogP contribution in [0.1, 0.15) is 37.1 Å². The van der Waals surface area contributed by atoms with E-state index >= 15 is 0 Å². The van der Waals surface area contributed by atoms with Gasteiger partial charge in [-0.25, -0.2) is 0 Å². The predicted octanol–water partition coefficient (Wildman–Crippen LogP) is 4.07. The third-order valence-corrected chi connectivity index (χ3v) is 4.22. The number of rotatable bonds is 6. The Kier molecular flexibility index (Phi) is 6.53. The molecule has 1 atom stereocenters. The molecule has 4 heteroatoms. The van der Waals surface area contributed by atoms with Crippen LogP contribution in [0.5, 0.6) is 0 Å². The Bertz CT molecular complexity index is 610. The van der Waals surface area contributed by atoms with E-state index in [1.807, 2.05) is 24.4 Å². The molecule has 0 fully saturated rings. The zero-order valence-corrected chi connectivity index (χ0v) is 14.9. The molecular formula is C19H25N3S. The number of thiocarbonyl (C=S) groups is 1.